The Morgan fingerprint density at radius 3 is 2.00 bits per heavy atom. The van der Waals surface area contributed by atoms with Crippen LogP contribution in [-0.4, -0.2) is 5.67 Å². The van der Waals surface area contributed by atoms with Crippen LogP contribution in [0.3, 0.4) is 0 Å². The minimum atomic E-state index is 0.988. The van der Waals surface area contributed by atoms with Crippen LogP contribution in [0.25, 0.3) is 0 Å². The van der Waals surface area contributed by atoms with E-state index in [4.69, 9.17) is 11.6 Å². The normalized spacial score (nSPS) is 9.50. The molecule has 24 valence electrons. The molecule has 0 heterocycles. The Bertz CT molecular complexity index is 21.2. The van der Waals surface area contributed by atoms with Crippen LogP contribution >= 0.6 is 23.4 Å². The van der Waals surface area contributed by atoms with Gasteiger partial charge < -0.3 is 0 Å². The summed E-state index contributed by atoms with van der Waals surface area (Å²) in [7, 11) is 0. The van der Waals surface area contributed by atoms with Crippen LogP contribution in [0.1, 0.15) is 0 Å². The Kier molecular flexibility index (Phi) is 3.45. The summed E-state index contributed by atoms with van der Waals surface area (Å²) in [5, 5.41) is 0. The van der Waals surface area contributed by atoms with Gasteiger partial charge in [-0.3, -0.25) is 0 Å². The smallest absolute Gasteiger partial charge is 0.107 e. The Hall–Kier alpha value is 0.250. The molecule has 0 spiro atoms. The van der Waals surface area contributed by atoms with Gasteiger partial charge in [0.15, 0.2) is 0 Å². The van der Waals surface area contributed by atoms with E-state index in [2.05, 4.69) is 16.3 Å². The lowest BCUT2D eigenvalue weighted by Crippen LogP contribution is -1.29. The number of hydrogen-bond acceptors (Lipinski definition) is 1. The molecule has 0 rings (SSSR count). The molecule has 0 aromatic carbocycles. The molecule has 0 aliphatic carbocycles. The van der Waals surface area contributed by atoms with E-state index in [9.17, 15) is 0 Å². The summed E-state index contributed by atoms with van der Waals surface area (Å²) in [5.74, 6) is 0. The highest BCUT2D eigenvalue weighted by Crippen LogP contribution is 1.69. The standard InChI is InChI=1S/CHCl2N/c2-1-4-3/h1H. The minimum absolute atomic E-state index is 0.988. The molecule has 0 saturated carbocycles. The van der Waals surface area contributed by atoms with Crippen molar-refractivity contribution in [2.45, 2.75) is 0 Å². The third kappa shape index (κ3) is 2.25. The molecule has 3 heteroatoms. The molecule has 0 aliphatic rings. The van der Waals surface area contributed by atoms with Crippen molar-refractivity contribution in [1.82, 2.24) is 0 Å². The summed E-state index contributed by atoms with van der Waals surface area (Å²) >= 11 is 9.39. The first-order valence-electron chi connectivity index (χ1n) is 0.645. The zero-order chi connectivity index (χ0) is 3.41. The number of halogens is 2. The molecule has 1 nitrogen and oxygen atoms in total. The minimum Gasteiger partial charge on any atom is -0.174 e. The molecule has 0 amide bonds. The molecule has 0 bridgehead atoms. The quantitative estimate of drug-likeness (QED) is 0.406. The summed E-state index contributed by atoms with van der Waals surface area (Å²) < 4.78 is 2.85. The molecule has 0 fully saturated rings. The van der Waals surface area contributed by atoms with Crippen molar-refractivity contribution in [3.05, 3.63) is 0 Å². The van der Waals surface area contributed by atoms with Crippen molar-refractivity contribution in [2.24, 2.45) is 4.51 Å². The van der Waals surface area contributed by atoms with Crippen LogP contribution in [0.5, 0.6) is 0 Å². The van der Waals surface area contributed by atoms with Crippen molar-refractivity contribution in [2.75, 3.05) is 0 Å². The molecule has 0 aromatic heterocycles. The summed E-state index contributed by atoms with van der Waals surface area (Å²) in [6.45, 7) is 0. The van der Waals surface area contributed by atoms with Gasteiger partial charge in [-0.15, -0.1) is 0 Å². The molecule has 0 N–H and O–H groups in total. The van der Waals surface area contributed by atoms with Gasteiger partial charge >= 0.3 is 0 Å². The second-order valence-corrected chi connectivity index (χ2v) is 0.586. The second kappa shape index (κ2) is 3.25. The van der Waals surface area contributed by atoms with Crippen molar-refractivity contribution >= 4 is 29.1 Å². The van der Waals surface area contributed by atoms with Crippen molar-refractivity contribution in [1.29, 1.82) is 0 Å². The second-order valence-electron chi connectivity index (χ2n) is 0.195. The molecule has 0 saturated heterocycles. The van der Waals surface area contributed by atoms with Crippen LogP contribution in [-0.2, 0) is 0 Å². The average molecular weight is 97.9 g/mol. The monoisotopic (exact) mass is 96.9 g/mol. The van der Waals surface area contributed by atoms with Crippen molar-refractivity contribution in [3.63, 3.8) is 0 Å². The van der Waals surface area contributed by atoms with E-state index in [1.165, 1.54) is 0 Å². The maximum Gasteiger partial charge on any atom is 0.107 e. The van der Waals surface area contributed by atoms with Crippen molar-refractivity contribution < 1.29 is 0 Å². The van der Waals surface area contributed by atoms with Crippen LogP contribution < -0.4 is 0 Å². The van der Waals surface area contributed by atoms with E-state index in [1.54, 1.807) is 0 Å². The highest BCUT2D eigenvalue weighted by atomic mass is 35.5. The van der Waals surface area contributed by atoms with Gasteiger partial charge in [0.25, 0.3) is 0 Å². The first-order chi connectivity index (χ1) is 1.91. The molecule has 0 unspecified atom stereocenters. The van der Waals surface area contributed by atoms with Crippen LogP contribution in [0.15, 0.2) is 4.51 Å². The van der Waals surface area contributed by atoms with E-state index >= 15 is 0 Å². The molecular formula is CHCl2N. The SMILES string of the molecule is ClC=NCl. The predicted octanol–water partition coefficient (Wildman–Crippen LogP) is 1.41. The third-order valence-corrected chi connectivity index (χ3v) is 0.332. The number of nitrogens with zero attached hydrogens (tertiary/aromatic N) is 1. The maximum atomic E-state index is 4.76. The Balaban J connectivity index is 2.55. The molecule has 4 heavy (non-hydrogen) atoms. The Morgan fingerprint density at radius 2 is 2.00 bits per heavy atom. The zero-order valence-electron chi connectivity index (χ0n) is 1.78. The maximum absolute atomic E-state index is 4.76. The van der Waals surface area contributed by atoms with E-state index < -0.39 is 0 Å². The van der Waals surface area contributed by atoms with Crippen LogP contribution in [0, 0.1) is 0 Å². The summed E-state index contributed by atoms with van der Waals surface area (Å²) in [6, 6.07) is 0. The van der Waals surface area contributed by atoms with Crippen LogP contribution in [0.4, 0.5) is 0 Å². The largest absolute Gasteiger partial charge is 0.174 e. The van der Waals surface area contributed by atoms with Gasteiger partial charge in [-0.25, -0.2) is 0 Å². The summed E-state index contributed by atoms with van der Waals surface area (Å²) in [6.07, 6.45) is 0. The van der Waals surface area contributed by atoms with Gasteiger partial charge in [0.05, 0.1) is 0 Å². The highest BCUT2D eigenvalue weighted by molar-refractivity contribution is 6.58. The molecular weight excluding hydrogens is 96.9 g/mol. The molecule has 0 aromatic rings. The molecule has 0 radical (unpaired) electrons. The predicted molar refractivity (Wildman–Crippen MR) is 20.2 cm³/mol. The zero-order valence-corrected chi connectivity index (χ0v) is 3.29. The van der Waals surface area contributed by atoms with Gasteiger partial charge in [-0.05, 0) is 0 Å². The molecule has 0 aliphatic heterocycles. The highest BCUT2D eigenvalue weighted by Gasteiger charge is 1.39. The van der Waals surface area contributed by atoms with E-state index in [0.717, 1.165) is 5.67 Å². The first kappa shape index (κ1) is 4.25. The van der Waals surface area contributed by atoms with Gasteiger partial charge in [0.2, 0.25) is 0 Å². The lowest BCUT2D eigenvalue weighted by Gasteiger charge is -1.45. The van der Waals surface area contributed by atoms with Gasteiger partial charge in [-0.1, -0.05) is 11.6 Å². The average Bonchev–Trinajstić information content (AvgIpc) is 1.37. The number of rotatable bonds is 0. The Labute approximate surface area is 34.4 Å². The fourth-order valence-electron chi connectivity index (χ4n) is 0. The summed E-state index contributed by atoms with van der Waals surface area (Å²) in [5.41, 5.74) is 0.988. The van der Waals surface area contributed by atoms with Gasteiger partial charge in [0.1, 0.15) is 5.67 Å². The Morgan fingerprint density at radius 1 is 1.75 bits per heavy atom. The lowest BCUT2D eigenvalue weighted by atomic mass is 11.7. The van der Waals surface area contributed by atoms with Crippen LogP contribution in [0.2, 0.25) is 0 Å². The topological polar surface area (TPSA) is 12.4 Å². The number of hydrogen-bond donors (Lipinski definition) is 0. The summed E-state index contributed by atoms with van der Waals surface area (Å²) in [4.78, 5) is 0. The lowest BCUT2D eigenvalue weighted by molar-refractivity contribution is 1.99. The fourth-order valence-corrected chi connectivity index (χ4v) is 0. The fraction of sp³-hybridized carbons (Fsp3) is 0. The third-order valence-electron chi connectivity index (χ3n) is 0.0369. The van der Waals surface area contributed by atoms with Gasteiger partial charge in [0, 0.05) is 11.8 Å². The molecule has 0 atom stereocenters. The van der Waals surface area contributed by atoms with E-state index in [0.29, 0.717) is 0 Å². The van der Waals surface area contributed by atoms with Crippen molar-refractivity contribution in [3.8, 4) is 0 Å². The first-order valence-corrected chi connectivity index (χ1v) is 1.42. The van der Waals surface area contributed by atoms with E-state index in [-0.39, 0.29) is 0 Å². The van der Waals surface area contributed by atoms with Gasteiger partial charge in [-0.2, -0.15) is 4.51 Å². The van der Waals surface area contributed by atoms with E-state index in [1.807, 2.05) is 0 Å².